The molecular weight excluding hydrogens is 306 g/mol. The summed E-state index contributed by atoms with van der Waals surface area (Å²) in [7, 11) is 0. The molecule has 0 aliphatic carbocycles. The Balaban J connectivity index is 1.61. The van der Waals surface area contributed by atoms with Crippen LogP contribution in [0.4, 0.5) is 0 Å². The van der Waals surface area contributed by atoms with Crippen LogP contribution in [0.1, 0.15) is 30.2 Å². The van der Waals surface area contributed by atoms with Crippen LogP contribution in [0, 0.1) is 6.92 Å². The molecule has 0 atom stereocenters. The van der Waals surface area contributed by atoms with Gasteiger partial charge in [0.25, 0.3) is 5.89 Å². The first kappa shape index (κ1) is 14.4. The van der Waals surface area contributed by atoms with Crippen molar-refractivity contribution in [1.82, 2.24) is 15.1 Å². The monoisotopic (exact) mass is 321 g/mol. The van der Waals surface area contributed by atoms with Crippen LogP contribution >= 0.6 is 0 Å². The van der Waals surface area contributed by atoms with Crippen LogP contribution < -0.4 is 0 Å². The van der Waals surface area contributed by atoms with E-state index in [0.717, 1.165) is 34.6 Å². The summed E-state index contributed by atoms with van der Waals surface area (Å²) in [5.74, 6) is 3.23. The molecule has 120 valence electrons. The fourth-order valence-electron chi connectivity index (χ4n) is 2.38. The van der Waals surface area contributed by atoms with Crippen molar-refractivity contribution in [2.45, 2.75) is 20.3 Å². The molecule has 24 heavy (non-hydrogen) atoms. The van der Waals surface area contributed by atoms with Gasteiger partial charge in [-0.3, -0.25) is 0 Å². The Morgan fingerprint density at radius 3 is 2.75 bits per heavy atom. The van der Waals surface area contributed by atoms with E-state index < -0.39 is 0 Å². The van der Waals surface area contributed by atoms with E-state index in [2.05, 4.69) is 15.1 Å². The molecular formula is C18H15N3O3. The molecule has 4 rings (SSSR count). The van der Waals surface area contributed by atoms with Gasteiger partial charge in [0, 0.05) is 18.1 Å². The summed E-state index contributed by atoms with van der Waals surface area (Å²) in [4.78, 5) is 8.79. The molecule has 0 unspecified atom stereocenters. The van der Waals surface area contributed by atoms with Crippen LogP contribution in [0.5, 0.6) is 0 Å². The third-order valence-electron chi connectivity index (χ3n) is 3.59. The van der Waals surface area contributed by atoms with Gasteiger partial charge in [0.2, 0.25) is 5.82 Å². The van der Waals surface area contributed by atoms with Crippen molar-refractivity contribution in [3.63, 3.8) is 0 Å². The zero-order chi connectivity index (χ0) is 16.5. The van der Waals surface area contributed by atoms with Gasteiger partial charge >= 0.3 is 0 Å². The lowest BCUT2D eigenvalue weighted by Crippen LogP contribution is -1.81. The van der Waals surface area contributed by atoms with E-state index in [1.807, 2.05) is 44.2 Å². The number of hydrogen-bond donors (Lipinski definition) is 0. The Morgan fingerprint density at radius 1 is 1.04 bits per heavy atom. The predicted molar refractivity (Wildman–Crippen MR) is 89.1 cm³/mol. The lowest BCUT2D eigenvalue weighted by molar-refractivity contribution is 0.411. The van der Waals surface area contributed by atoms with Crippen molar-refractivity contribution >= 4 is 23.3 Å². The molecule has 4 aromatic rings. The number of benzene rings is 1. The average molecular weight is 321 g/mol. The van der Waals surface area contributed by atoms with Gasteiger partial charge < -0.3 is 13.4 Å². The Labute approximate surface area is 137 Å². The van der Waals surface area contributed by atoms with E-state index in [-0.39, 0.29) is 0 Å². The molecule has 3 aromatic heterocycles. The van der Waals surface area contributed by atoms with E-state index in [9.17, 15) is 0 Å². The summed E-state index contributed by atoms with van der Waals surface area (Å²) >= 11 is 0. The number of oxazole rings is 1. The van der Waals surface area contributed by atoms with Crippen LogP contribution in [0.3, 0.4) is 0 Å². The third kappa shape index (κ3) is 2.74. The van der Waals surface area contributed by atoms with Crippen LogP contribution in [-0.2, 0) is 6.42 Å². The second-order valence-corrected chi connectivity index (χ2v) is 5.38. The summed E-state index contributed by atoms with van der Waals surface area (Å²) in [5, 5.41) is 4.01. The van der Waals surface area contributed by atoms with Crippen molar-refractivity contribution in [2.24, 2.45) is 0 Å². The first-order valence-corrected chi connectivity index (χ1v) is 7.69. The van der Waals surface area contributed by atoms with Gasteiger partial charge in [0.05, 0.1) is 0 Å². The zero-order valence-electron chi connectivity index (χ0n) is 13.3. The molecule has 0 saturated carbocycles. The minimum atomic E-state index is 0.411. The van der Waals surface area contributed by atoms with Gasteiger partial charge in [-0.25, -0.2) is 4.98 Å². The Kier molecular flexibility index (Phi) is 3.49. The molecule has 0 spiro atoms. The smallest absolute Gasteiger partial charge is 0.251 e. The van der Waals surface area contributed by atoms with E-state index in [0.29, 0.717) is 17.6 Å². The first-order chi connectivity index (χ1) is 11.7. The van der Waals surface area contributed by atoms with Gasteiger partial charge in [-0.2, -0.15) is 4.98 Å². The lowest BCUT2D eigenvalue weighted by atomic mass is 10.2. The highest BCUT2D eigenvalue weighted by atomic mass is 16.5. The number of hydrogen-bond acceptors (Lipinski definition) is 6. The van der Waals surface area contributed by atoms with Crippen molar-refractivity contribution in [2.75, 3.05) is 0 Å². The molecule has 0 amide bonds. The molecule has 0 radical (unpaired) electrons. The molecule has 6 heteroatoms. The number of fused-ring (bicyclic) bond motifs is 1. The Hall–Kier alpha value is -3.15. The molecule has 0 fully saturated rings. The molecule has 0 aliphatic rings. The standard InChI is InChI=1S/C18H15N3O3/c1-3-16-19-14-10-12(5-8-15(14)23-16)18-20-17(24-21-18)9-7-13-6-4-11(2)22-13/h4-10H,3H2,1-2H3/b9-7+. The summed E-state index contributed by atoms with van der Waals surface area (Å²) in [6.45, 7) is 3.90. The van der Waals surface area contributed by atoms with E-state index in [4.69, 9.17) is 13.4 Å². The largest absolute Gasteiger partial charge is 0.462 e. The molecule has 0 saturated heterocycles. The topological polar surface area (TPSA) is 78.1 Å². The normalized spacial score (nSPS) is 11.8. The van der Waals surface area contributed by atoms with Gasteiger partial charge in [-0.15, -0.1) is 0 Å². The molecule has 3 heterocycles. The van der Waals surface area contributed by atoms with Crippen LogP contribution in [0.2, 0.25) is 0 Å². The number of nitrogens with zero attached hydrogens (tertiary/aromatic N) is 3. The summed E-state index contributed by atoms with van der Waals surface area (Å²) in [6, 6.07) is 9.44. The SMILES string of the molecule is CCc1nc2cc(-c3noc(/C=C/c4ccc(C)o4)n3)ccc2o1. The van der Waals surface area contributed by atoms with Gasteiger partial charge in [0.1, 0.15) is 17.0 Å². The van der Waals surface area contributed by atoms with Crippen molar-refractivity contribution < 1.29 is 13.4 Å². The van der Waals surface area contributed by atoms with Crippen LogP contribution in [-0.4, -0.2) is 15.1 Å². The van der Waals surface area contributed by atoms with Crippen molar-refractivity contribution in [3.8, 4) is 11.4 Å². The summed E-state index contributed by atoms with van der Waals surface area (Å²) in [6.07, 6.45) is 4.27. The molecule has 0 N–H and O–H groups in total. The molecule has 0 bridgehead atoms. The zero-order valence-corrected chi connectivity index (χ0v) is 13.3. The van der Waals surface area contributed by atoms with E-state index in [1.165, 1.54) is 0 Å². The fourth-order valence-corrected chi connectivity index (χ4v) is 2.38. The van der Waals surface area contributed by atoms with Crippen molar-refractivity contribution in [1.29, 1.82) is 0 Å². The maximum Gasteiger partial charge on any atom is 0.251 e. The molecule has 6 nitrogen and oxygen atoms in total. The van der Waals surface area contributed by atoms with Crippen LogP contribution in [0.25, 0.3) is 34.6 Å². The Morgan fingerprint density at radius 2 is 1.96 bits per heavy atom. The Bertz CT molecular complexity index is 1020. The first-order valence-electron chi connectivity index (χ1n) is 7.69. The highest BCUT2D eigenvalue weighted by Crippen LogP contribution is 2.23. The highest BCUT2D eigenvalue weighted by molar-refractivity contribution is 5.78. The minimum absolute atomic E-state index is 0.411. The predicted octanol–water partition coefficient (Wildman–Crippen LogP) is 4.51. The average Bonchev–Trinajstić information content (AvgIpc) is 3.31. The van der Waals surface area contributed by atoms with E-state index >= 15 is 0 Å². The number of rotatable bonds is 4. The molecule has 1 aromatic carbocycles. The molecule has 0 aliphatic heterocycles. The quantitative estimate of drug-likeness (QED) is 0.550. The maximum atomic E-state index is 5.61. The van der Waals surface area contributed by atoms with Crippen LogP contribution in [0.15, 0.2) is 43.7 Å². The summed E-state index contributed by atoms with van der Waals surface area (Å²) in [5.41, 5.74) is 2.38. The number of aromatic nitrogens is 3. The number of aryl methyl sites for hydroxylation is 2. The lowest BCUT2D eigenvalue weighted by Gasteiger charge is -1.92. The van der Waals surface area contributed by atoms with Gasteiger partial charge in [-0.1, -0.05) is 12.1 Å². The fraction of sp³-hybridized carbons (Fsp3) is 0.167. The van der Waals surface area contributed by atoms with Gasteiger partial charge in [0.15, 0.2) is 11.5 Å². The van der Waals surface area contributed by atoms with Crippen molar-refractivity contribution in [3.05, 3.63) is 53.6 Å². The third-order valence-corrected chi connectivity index (χ3v) is 3.59. The second kappa shape index (κ2) is 5.81. The number of furan rings is 1. The van der Waals surface area contributed by atoms with E-state index in [1.54, 1.807) is 12.2 Å². The highest BCUT2D eigenvalue weighted by Gasteiger charge is 2.10. The maximum absolute atomic E-state index is 5.61. The summed E-state index contributed by atoms with van der Waals surface area (Å²) < 4.78 is 16.3. The minimum Gasteiger partial charge on any atom is -0.462 e. The second-order valence-electron chi connectivity index (χ2n) is 5.38. The van der Waals surface area contributed by atoms with Gasteiger partial charge in [-0.05, 0) is 43.3 Å².